The van der Waals surface area contributed by atoms with E-state index in [9.17, 15) is 24.3 Å². The SMILES string of the molecule is Cn1c(=O)n(C2CCC(=O)NC2=O)c2cccc(CCCOC3CCN(CC4CCC([N+]5=NC(C(C)(C)O)C(CC(=O)c6cnn7ccc(NCC8CC8)nc67)=C5)CC4)CC3)c21. The number of ether oxygens (including phenoxy) is 1. The fourth-order valence-electron chi connectivity index (χ4n) is 10.1. The number of imidazole rings is 1. The Bertz CT molecular complexity index is 2460. The molecule has 2 saturated carbocycles. The molecule has 3 N–H and O–H groups in total. The molecule has 2 unspecified atom stereocenters. The van der Waals surface area contributed by atoms with Crippen LogP contribution in [0.4, 0.5) is 5.82 Å². The number of ketones is 1. The number of amides is 2. The lowest BCUT2D eigenvalue weighted by molar-refractivity contribution is -0.569. The van der Waals surface area contributed by atoms with Crippen molar-refractivity contribution < 1.29 is 28.9 Å². The van der Waals surface area contributed by atoms with Crippen molar-refractivity contribution in [1.82, 2.24) is 33.9 Å². The van der Waals surface area contributed by atoms with Crippen LogP contribution in [0, 0.1) is 11.8 Å². The number of azo groups is 2. The molecule has 9 rings (SSSR count). The minimum atomic E-state index is -1.11. The quantitative estimate of drug-likeness (QED) is 0.0606. The third kappa shape index (κ3) is 9.04. The van der Waals surface area contributed by atoms with Crippen LogP contribution in [0.2, 0.25) is 0 Å². The smallest absolute Gasteiger partial charge is 0.329 e. The zero-order valence-electron chi connectivity index (χ0n) is 36.3. The van der Waals surface area contributed by atoms with Gasteiger partial charge in [-0.15, -0.1) is 0 Å². The van der Waals surface area contributed by atoms with Crippen molar-refractivity contribution in [2.24, 2.45) is 24.0 Å². The summed E-state index contributed by atoms with van der Waals surface area (Å²) in [6, 6.07) is 6.79. The van der Waals surface area contributed by atoms with Crippen LogP contribution in [0.1, 0.15) is 113 Å². The van der Waals surface area contributed by atoms with Gasteiger partial charge in [0.1, 0.15) is 11.9 Å². The number of imide groups is 1. The van der Waals surface area contributed by atoms with Gasteiger partial charge in [0.25, 0.3) is 0 Å². The van der Waals surface area contributed by atoms with Crippen LogP contribution in [0.25, 0.3) is 16.7 Å². The third-order valence-corrected chi connectivity index (χ3v) is 13.8. The predicted molar refractivity (Wildman–Crippen MR) is 232 cm³/mol. The van der Waals surface area contributed by atoms with Crippen molar-refractivity contribution >= 4 is 40.1 Å². The summed E-state index contributed by atoms with van der Waals surface area (Å²) in [6.07, 6.45) is 16.7. The molecule has 1 aromatic carbocycles. The molecule has 5 aliphatic rings. The van der Waals surface area contributed by atoms with Gasteiger partial charge in [-0.2, -0.15) is 5.10 Å². The molecule has 4 aromatic rings. The number of benzene rings is 1. The standard InChI is InChI=1S/C46H60N10O6/c1-46(2,61)42-32(24-38(57)35-26-48-54-22-19-39(49-43(35)54)47-25-29-9-10-29)28-55(51-42)33-13-11-30(12-14-33)27-53-20-17-34(18-21-53)62-23-5-7-31-6-4-8-36-41(31)52(3)45(60)56(36)37-15-16-40(58)50-44(37)59/h4,6,8,19,22,26,28-30,33-34,37,42,61H,5,7,9-18,20-21,23-25,27H2,1-3H3,(H-,47,48,49,50,57,58,59)/p+1. The molecule has 16 nitrogen and oxygen atoms in total. The number of para-hydroxylation sites is 1. The molecule has 2 atom stereocenters. The molecule has 3 aliphatic heterocycles. The number of nitrogens with zero attached hydrogens (tertiary/aromatic N) is 8. The van der Waals surface area contributed by atoms with Crippen LogP contribution >= 0.6 is 0 Å². The van der Waals surface area contributed by atoms with Crippen molar-refractivity contribution in [3.63, 3.8) is 0 Å². The van der Waals surface area contributed by atoms with Crippen molar-refractivity contribution in [2.75, 3.05) is 38.1 Å². The molecule has 0 radical (unpaired) electrons. The maximum atomic E-state index is 13.8. The van der Waals surface area contributed by atoms with E-state index in [2.05, 4.69) is 20.6 Å². The topological polar surface area (TPSA) is 180 Å². The molecule has 16 heteroatoms. The molecule has 2 saturated heterocycles. The van der Waals surface area contributed by atoms with E-state index in [-0.39, 0.29) is 42.4 Å². The summed E-state index contributed by atoms with van der Waals surface area (Å²) >= 11 is 0. The summed E-state index contributed by atoms with van der Waals surface area (Å²) in [7, 11) is 1.74. The maximum absolute atomic E-state index is 13.8. The van der Waals surface area contributed by atoms with Gasteiger partial charge in [-0.25, -0.2) is 14.3 Å². The van der Waals surface area contributed by atoms with Gasteiger partial charge in [0.05, 0.1) is 34.5 Å². The molecule has 3 aromatic heterocycles. The van der Waals surface area contributed by atoms with Crippen molar-refractivity contribution in [2.45, 2.75) is 127 Å². The lowest BCUT2D eigenvalue weighted by Crippen LogP contribution is -2.44. The lowest BCUT2D eigenvalue weighted by atomic mass is 9.85. The highest BCUT2D eigenvalue weighted by Gasteiger charge is 2.43. The number of hydrogen-bond acceptors (Lipinski definition) is 11. The first-order valence-electron chi connectivity index (χ1n) is 22.8. The van der Waals surface area contributed by atoms with Crippen molar-refractivity contribution in [3.05, 3.63) is 70.0 Å². The molecule has 0 spiro atoms. The molecule has 6 heterocycles. The van der Waals surface area contributed by atoms with E-state index in [1.54, 1.807) is 40.7 Å². The summed E-state index contributed by atoms with van der Waals surface area (Å²) in [5.74, 6) is 1.27. The van der Waals surface area contributed by atoms with Crippen molar-refractivity contribution in [3.8, 4) is 0 Å². The first-order valence-corrected chi connectivity index (χ1v) is 22.8. The molecular formula is C46H61N10O6+. The second-order valence-electron chi connectivity index (χ2n) is 18.9. The zero-order chi connectivity index (χ0) is 43.1. The number of nitrogens with one attached hydrogen (secondary N) is 2. The van der Waals surface area contributed by atoms with Gasteiger partial charge in [-0.3, -0.25) is 28.8 Å². The van der Waals surface area contributed by atoms with Gasteiger partial charge >= 0.3 is 5.69 Å². The normalized spacial score (nSPS) is 24.1. The Morgan fingerprint density at radius 3 is 2.53 bits per heavy atom. The van der Waals surface area contributed by atoms with Crippen LogP contribution in [0.3, 0.4) is 0 Å². The number of fused-ring (bicyclic) bond motifs is 2. The molecule has 2 aliphatic carbocycles. The van der Waals surface area contributed by atoms with E-state index < -0.39 is 23.6 Å². The summed E-state index contributed by atoms with van der Waals surface area (Å²) in [5.41, 5.74) is 3.07. The van der Waals surface area contributed by atoms with Crippen LogP contribution in [-0.2, 0) is 27.8 Å². The van der Waals surface area contributed by atoms with Gasteiger partial charge in [-0.1, -0.05) is 16.8 Å². The van der Waals surface area contributed by atoms with Crippen molar-refractivity contribution in [1.29, 1.82) is 0 Å². The van der Waals surface area contributed by atoms with Crippen LogP contribution in [-0.4, -0.2) is 113 Å². The Hall–Kier alpha value is -5.06. The number of aryl methyl sites for hydroxylation is 2. The number of carbonyl (C=O) groups excluding carboxylic acids is 3. The number of anilines is 1. The van der Waals surface area contributed by atoms with E-state index in [1.807, 2.05) is 41.4 Å². The van der Waals surface area contributed by atoms with Gasteiger partial charge in [0.2, 0.25) is 11.8 Å². The van der Waals surface area contributed by atoms with Crippen LogP contribution in [0.15, 0.2) is 58.3 Å². The largest absolute Gasteiger partial charge is 0.388 e. The minimum absolute atomic E-state index is 0.0781. The second-order valence-corrected chi connectivity index (χ2v) is 18.9. The first-order chi connectivity index (χ1) is 29.9. The number of piperidine rings is 2. The van der Waals surface area contributed by atoms with E-state index in [0.29, 0.717) is 36.1 Å². The molecular weight excluding hydrogens is 789 g/mol. The Kier molecular flexibility index (Phi) is 12.0. The molecule has 0 bridgehead atoms. The van der Waals surface area contributed by atoms with Gasteiger partial charge in [0, 0.05) is 77.3 Å². The number of aliphatic hydroxyl groups is 1. The number of likely N-dealkylation sites (tertiary alicyclic amines) is 1. The van der Waals surface area contributed by atoms with E-state index in [4.69, 9.17) is 14.8 Å². The van der Waals surface area contributed by atoms with Crippen LogP contribution in [0.5, 0.6) is 0 Å². The van der Waals surface area contributed by atoms with Gasteiger partial charge < -0.3 is 20.1 Å². The molecule has 4 fully saturated rings. The highest BCUT2D eigenvalue weighted by molar-refractivity contribution is 6.02. The lowest BCUT2D eigenvalue weighted by Gasteiger charge is -2.35. The fourth-order valence-corrected chi connectivity index (χ4v) is 10.1. The highest BCUT2D eigenvalue weighted by Crippen LogP contribution is 2.35. The summed E-state index contributed by atoms with van der Waals surface area (Å²) in [5, 5.41) is 26.3. The fraction of sp³-hybridized carbons (Fsp3) is 0.609. The second kappa shape index (κ2) is 17.6. The summed E-state index contributed by atoms with van der Waals surface area (Å²) in [4.78, 5) is 58.8. The van der Waals surface area contributed by atoms with Gasteiger partial charge in [-0.05, 0) is 106 Å². The zero-order valence-corrected chi connectivity index (χ0v) is 36.3. The van der Waals surface area contributed by atoms with E-state index in [0.717, 1.165) is 106 Å². The molecule has 330 valence electrons. The monoisotopic (exact) mass is 849 g/mol. The number of Topliss-reactive ketones (excluding diaryl/α,β-unsaturated/α-hetero) is 1. The Labute approximate surface area is 361 Å². The first kappa shape index (κ1) is 42.3. The van der Waals surface area contributed by atoms with Gasteiger partial charge in [0.15, 0.2) is 29.7 Å². The average molecular weight is 850 g/mol. The molecule has 2 amide bonds. The predicted octanol–water partition coefficient (Wildman–Crippen LogP) is 4.93. The number of rotatable bonds is 16. The number of carbonyl (C=O) groups is 3. The van der Waals surface area contributed by atoms with Crippen LogP contribution < -0.4 is 16.3 Å². The van der Waals surface area contributed by atoms with E-state index >= 15 is 0 Å². The minimum Gasteiger partial charge on any atom is -0.388 e. The summed E-state index contributed by atoms with van der Waals surface area (Å²) in [6.45, 7) is 8.20. The average Bonchev–Trinajstić information content (AvgIpc) is 3.73. The Balaban J connectivity index is 0.726. The summed E-state index contributed by atoms with van der Waals surface area (Å²) < 4.78 is 13.2. The molecule has 62 heavy (non-hydrogen) atoms. The number of hydrogen-bond donors (Lipinski definition) is 3. The highest BCUT2D eigenvalue weighted by atomic mass is 16.5. The third-order valence-electron chi connectivity index (χ3n) is 13.8. The Morgan fingerprint density at radius 2 is 1.79 bits per heavy atom. The number of aromatic nitrogens is 5. The van der Waals surface area contributed by atoms with E-state index in [1.165, 1.54) is 12.8 Å². The Morgan fingerprint density at radius 1 is 1.02 bits per heavy atom. The maximum Gasteiger partial charge on any atom is 0.329 e.